The van der Waals surface area contributed by atoms with Crippen molar-refractivity contribution in [1.82, 2.24) is 10.2 Å². The molecule has 0 radical (unpaired) electrons. The number of nitrogens with zero attached hydrogens (tertiary/aromatic N) is 3. The number of hydrogen-bond acceptors (Lipinski definition) is 6. The number of anilines is 2. The summed E-state index contributed by atoms with van der Waals surface area (Å²) in [7, 11) is -2.51. The Bertz CT molecular complexity index is 793. The Labute approximate surface area is 146 Å². The molecule has 0 unspecified atom stereocenters. The van der Waals surface area contributed by atoms with Crippen molar-refractivity contribution in [3.63, 3.8) is 0 Å². The number of ether oxygens (including phenoxy) is 1. The van der Waals surface area contributed by atoms with Gasteiger partial charge in [0, 0.05) is 18.1 Å². The molecule has 0 aliphatic carbocycles. The summed E-state index contributed by atoms with van der Waals surface area (Å²) in [5.41, 5.74) is 0. The highest BCUT2D eigenvalue weighted by Gasteiger charge is 2.21. The molecule has 130 valence electrons. The summed E-state index contributed by atoms with van der Waals surface area (Å²) in [6, 6.07) is 7.65. The number of sulfonamides is 1. The number of aromatic nitrogens is 2. The highest BCUT2D eigenvalue weighted by atomic mass is 35.5. The van der Waals surface area contributed by atoms with E-state index in [9.17, 15) is 8.42 Å². The number of halogens is 1. The molecule has 0 amide bonds. The fourth-order valence-electron chi connectivity index (χ4n) is 2.15. The van der Waals surface area contributed by atoms with E-state index in [-0.39, 0.29) is 16.5 Å². The summed E-state index contributed by atoms with van der Waals surface area (Å²) in [5, 5.41) is 8.27. The Hall–Kier alpha value is -2.06. The van der Waals surface area contributed by atoms with Crippen molar-refractivity contribution >= 4 is 33.3 Å². The van der Waals surface area contributed by atoms with Gasteiger partial charge in [-0.2, -0.15) is 0 Å². The van der Waals surface area contributed by atoms with Gasteiger partial charge < -0.3 is 9.64 Å². The molecule has 0 saturated heterocycles. The van der Waals surface area contributed by atoms with Crippen molar-refractivity contribution < 1.29 is 13.2 Å². The van der Waals surface area contributed by atoms with E-state index in [0.29, 0.717) is 10.8 Å². The summed E-state index contributed by atoms with van der Waals surface area (Å²) < 4.78 is 32.5. The fourth-order valence-corrected chi connectivity index (χ4v) is 3.58. The molecule has 2 aromatic rings. The third-order valence-corrected chi connectivity index (χ3v) is 5.00. The molecule has 0 bridgehead atoms. The van der Waals surface area contributed by atoms with E-state index in [0.717, 1.165) is 13.1 Å². The summed E-state index contributed by atoms with van der Waals surface area (Å²) in [6.45, 7) is 5.59. The minimum Gasteiger partial charge on any atom is -0.495 e. The molecule has 1 aromatic heterocycles. The van der Waals surface area contributed by atoms with E-state index in [1.807, 2.05) is 18.7 Å². The molecule has 1 heterocycles. The first-order valence-corrected chi connectivity index (χ1v) is 9.22. The maximum atomic E-state index is 12.5. The second kappa shape index (κ2) is 7.67. The number of benzene rings is 1. The zero-order chi connectivity index (χ0) is 17.7. The van der Waals surface area contributed by atoms with Gasteiger partial charge in [0.25, 0.3) is 10.0 Å². The summed E-state index contributed by atoms with van der Waals surface area (Å²) in [5.74, 6) is 0.996. The van der Waals surface area contributed by atoms with Gasteiger partial charge in [0.15, 0.2) is 11.6 Å². The lowest BCUT2D eigenvalue weighted by Gasteiger charge is -2.19. The average Bonchev–Trinajstić information content (AvgIpc) is 2.57. The van der Waals surface area contributed by atoms with Crippen LogP contribution in [0.25, 0.3) is 0 Å². The van der Waals surface area contributed by atoms with E-state index >= 15 is 0 Å². The van der Waals surface area contributed by atoms with Crippen LogP contribution in [0.1, 0.15) is 13.8 Å². The molecule has 0 saturated carbocycles. The van der Waals surface area contributed by atoms with Crippen LogP contribution in [0.4, 0.5) is 11.6 Å². The van der Waals surface area contributed by atoms with Crippen LogP contribution in [0, 0.1) is 0 Å². The van der Waals surface area contributed by atoms with Gasteiger partial charge in [-0.15, -0.1) is 10.2 Å². The predicted octanol–water partition coefficient (Wildman–Crippen LogP) is 2.79. The Kier molecular flexibility index (Phi) is 5.84. The van der Waals surface area contributed by atoms with Gasteiger partial charge in [0.1, 0.15) is 10.6 Å². The molecule has 1 aromatic carbocycles. The summed E-state index contributed by atoms with van der Waals surface area (Å²) >= 11 is 5.89. The van der Waals surface area contributed by atoms with Crippen LogP contribution in [-0.2, 0) is 10.0 Å². The Morgan fingerprint density at radius 3 is 2.42 bits per heavy atom. The lowest BCUT2D eigenvalue weighted by molar-refractivity contribution is 0.403. The molecule has 24 heavy (non-hydrogen) atoms. The second-order valence-corrected chi connectivity index (χ2v) is 6.94. The number of hydrogen-bond donors (Lipinski definition) is 1. The molecule has 0 fully saturated rings. The number of nitrogens with one attached hydrogen (secondary N) is 1. The first kappa shape index (κ1) is 18.3. The van der Waals surface area contributed by atoms with Crippen molar-refractivity contribution in [2.45, 2.75) is 18.7 Å². The van der Waals surface area contributed by atoms with Crippen LogP contribution < -0.4 is 14.4 Å². The van der Waals surface area contributed by atoms with Crippen molar-refractivity contribution in [3.05, 3.63) is 35.4 Å². The van der Waals surface area contributed by atoms with Crippen molar-refractivity contribution in [1.29, 1.82) is 0 Å². The van der Waals surface area contributed by atoms with Gasteiger partial charge >= 0.3 is 0 Å². The zero-order valence-corrected chi connectivity index (χ0v) is 15.2. The minimum absolute atomic E-state index is 0.0629. The van der Waals surface area contributed by atoms with Crippen LogP contribution in [0.2, 0.25) is 5.02 Å². The van der Waals surface area contributed by atoms with Gasteiger partial charge in [-0.3, -0.25) is 4.72 Å². The highest BCUT2D eigenvalue weighted by Crippen LogP contribution is 2.28. The molecule has 2 rings (SSSR count). The van der Waals surface area contributed by atoms with Gasteiger partial charge in [0.2, 0.25) is 0 Å². The molecule has 9 heteroatoms. The van der Waals surface area contributed by atoms with Gasteiger partial charge in [0.05, 0.1) is 7.11 Å². The Morgan fingerprint density at radius 2 is 1.88 bits per heavy atom. The van der Waals surface area contributed by atoms with E-state index < -0.39 is 10.0 Å². The maximum absolute atomic E-state index is 12.5. The molecule has 0 aliphatic rings. The second-order valence-electron chi connectivity index (χ2n) is 4.85. The van der Waals surface area contributed by atoms with Crippen LogP contribution >= 0.6 is 11.6 Å². The SMILES string of the molecule is CCN(CC)c1ccc(NS(=O)(=O)c2cc(Cl)ccc2OC)nn1. The lowest BCUT2D eigenvalue weighted by atomic mass is 10.3. The number of rotatable bonds is 7. The van der Waals surface area contributed by atoms with E-state index in [2.05, 4.69) is 14.9 Å². The first-order valence-electron chi connectivity index (χ1n) is 7.36. The molecule has 0 spiro atoms. The van der Waals surface area contributed by atoms with Crippen molar-refractivity contribution in [3.8, 4) is 5.75 Å². The molecule has 1 N–H and O–H groups in total. The van der Waals surface area contributed by atoms with Crippen LogP contribution in [0.5, 0.6) is 5.75 Å². The van der Waals surface area contributed by atoms with Crippen LogP contribution in [0.3, 0.4) is 0 Å². The van der Waals surface area contributed by atoms with Crippen molar-refractivity contribution in [2.75, 3.05) is 29.8 Å². The van der Waals surface area contributed by atoms with Crippen molar-refractivity contribution in [2.24, 2.45) is 0 Å². The normalized spacial score (nSPS) is 11.2. The molecule has 7 nitrogen and oxygen atoms in total. The topological polar surface area (TPSA) is 84.4 Å². The molecule has 0 atom stereocenters. The zero-order valence-electron chi connectivity index (χ0n) is 13.7. The predicted molar refractivity (Wildman–Crippen MR) is 94.4 cm³/mol. The maximum Gasteiger partial charge on any atom is 0.266 e. The first-order chi connectivity index (χ1) is 11.4. The minimum atomic E-state index is -3.90. The molecule has 0 aliphatic heterocycles. The van der Waals surface area contributed by atoms with Gasteiger partial charge in [-0.25, -0.2) is 8.42 Å². The monoisotopic (exact) mass is 370 g/mol. The smallest absolute Gasteiger partial charge is 0.266 e. The molecular weight excluding hydrogens is 352 g/mol. The van der Waals surface area contributed by atoms with E-state index in [4.69, 9.17) is 16.3 Å². The van der Waals surface area contributed by atoms with Gasteiger partial charge in [-0.05, 0) is 44.2 Å². The van der Waals surface area contributed by atoms with Crippen LogP contribution in [-0.4, -0.2) is 38.8 Å². The standard InChI is InChI=1S/C15H19ClN4O3S/c1-4-20(5-2)15-9-8-14(17-18-15)19-24(21,22)13-10-11(16)6-7-12(13)23-3/h6-10H,4-5H2,1-3H3,(H,17,19). The summed E-state index contributed by atoms with van der Waals surface area (Å²) in [4.78, 5) is 1.94. The molecular formula is C15H19ClN4O3S. The average molecular weight is 371 g/mol. The Balaban J connectivity index is 2.28. The Morgan fingerprint density at radius 1 is 1.17 bits per heavy atom. The van der Waals surface area contributed by atoms with E-state index in [1.165, 1.54) is 19.2 Å². The quantitative estimate of drug-likeness (QED) is 0.806. The van der Waals surface area contributed by atoms with Crippen LogP contribution in [0.15, 0.2) is 35.2 Å². The third-order valence-electron chi connectivity index (χ3n) is 3.39. The number of methoxy groups -OCH3 is 1. The van der Waals surface area contributed by atoms with Gasteiger partial charge in [-0.1, -0.05) is 11.6 Å². The third kappa shape index (κ3) is 4.07. The van der Waals surface area contributed by atoms with E-state index in [1.54, 1.807) is 18.2 Å². The highest BCUT2D eigenvalue weighted by molar-refractivity contribution is 7.92. The fraction of sp³-hybridized carbons (Fsp3) is 0.333. The lowest BCUT2D eigenvalue weighted by Crippen LogP contribution is -2.23. The largest absolute Gasteiger partial charge is 0.495 e. The summed E-state index contributed by atoms with van der Waals surface area (Å²) in [6.07, 6.45) is 0.